The molecule has 0 saturated heterocycles. The second-order valence-corrected chi connectivity index (χ2v) is 3.99. The molecule has 3 nitrogen and oxygen atoms in total. The van der Waals surface area contributed by atoms with E-state index < -0.39 is 0 Å². The van der Waals surface area contributed by atoms with Gasteiger partial charge in [0.05, 0.1) is 11.3 Å². The van der Waals surface area contributed by atoms with Gasteiger partial charge in [0.15, 0.2) is 0 Å². The van der Waals surface area contributed by atoms with Gasteiger partial charge in [0.1, 0.15) is 6.07 Å². The number of nitrogens with one attached hydrogen (secondary N) is 1. The van der Waals surface area contributed by atoms with Crippen LogP contribution in [-0.2, 0) is 4.74 Å². The fourth-order valence-corrected chi connectivity index (χ4v) is 1.56. The van der Waals surface area contributed by atoms with Gasteiger partial charge in [-0.3, -0.25) is 0 Å². The molecule has 1 aromatic carbocycles. The zero-order chi connectivity index (χ0) is 11.1. The minimum atomic E-state index is 0.654. The van der Waals surface area contributed by atoms with Crippen molar-refractivity contribution in [3.05, 3.63) is 28.2 Å². The smallest absolute Gasteiger partial charge is 0.101 e. The summed E-state index contributed by atoms with van der Waals surface area (Å²) in [6, 6.07) is 7.77. The first kappa shape index (κ1) is 12.0. The van der Waals surface area contributed by atoms with Crippen molar-refractivity contribution in [1.29, 1.82) is 5.26 Å². The maximum Gasteiger partial charge on any atom is 0.101 e. The Morgan fingerprint density at radius 2 is 2.33 bits per heavy atom. The van der Waals surface area contributed by atoms with Gasteiger partial charge >= 0.3 is 0 Å². The van der Waals surface area contributed by atoms with E-state index in [1.807, 2.05) is 12.1 Å². The fourth-order valence-electron chi connectivity index (χ4n) is 1.20. The number of benzene rings is 1. The van der Waals surface area contributed by atoms with E-state index in [0.29, 0.717) is 5.56 Å². The Labute approximate surface area is 98.2 Å². The number of halogens is 1. The van der Waals surface area contributed by atoms with Gasteiger partial charge in [0.25, 0.3) is 0 Å². The summed E-state index contributed by atoms with van der Waals surface area (Å²) in [6.45, 7) is 1.54. The molecule has 0 unspecified atom stereocenters. The second-order valence-electron chi connectivity index (χ2n) is 3.07. The highest BCUT2D eigenvalue weighted by Gasteiger charge is 2.01. The molecule has 0 bridgehead atoms. The van der Waals surface area contributed by atoms with E-state index >= 15 is 0 Å². The summed E-state index contributed by atoms with van der Waals surface area (Å²) in [5.74, 6) is 0. The molecule has 1 aromatic rings. The molecule has 0 aliphatic heterocycles. The van der Waals surface area contributed by atoms with Crippen LogP contribution in [0.1, 0.15) is 12.0 Å². The van der Waals surface area contributed by atoms with Crippen molar-refractivity contribution >= 4 is 21.6 Å². The topological polar surface area (TPSA) is 45.0 Å². The molecule has 0 aromatic heterocycles. The van der Waals surface area contributed by atoms with Gasteiger partial charge in [-0.2, -0.15) is 5.26 Å². The summed E-state index contributed by atoms with van der Waals surface area (Å²) in [5, 5.41) is 12.1. The molecule has 0 atom stereocenters. The van der Waals surface area contributed by atoms with Gasteiger partial charge in [0, 0.05) is 24.7 Å². The van der Waals surface area contributed by atoms with Crippen molar-refractivity contribution in [2.24, 2.45) is 0 Å². The molecule has 80 valence electrons. The predicted octanol–water partition coefficient (Wildman–Crippen LogP) is 2.77. The standard InChI is InChI=1S/C11H13BrN2O/c1-15-6-2-5-14-11-4-3-10(12)7-9(11)8-13/h3-4,7,14H,2,5-6H2,1H3. The maximum atomic E-state index is 8.91. The minimum Gasteiger partial charge on any atom is -0.385 e. The van der Waals surface area contributed by atoms with Gasteiger partial charge in [-0.25, -0.2) is 0 Å². The van der Waals surface area contributed by atoms with Crippen LogP contribution in [0.3, 0.4) is 0 Å². The SMILES string of the molecule is COCCCNc1ccc(Br)cc1C#N. The molecule has 0 radical (unpaired) electrons. The average Bonchev–Trinajstić information content (AvgIpc) is 2.26. The monoisotopic (exact) mass is 268 g/mol. The largest absolute Gasteiger partial charge is 0.385 e. The van der Waals surface area contributed by atoms with Crippen LogP contribution in [0.25, 0.3) is 0 Å². The van der Waals surface area contributed by atoms with E-state index in [2.05, 4.69) is 27.3 Å². The number of rotatable bonds is 5. The van der Waals surface area contributed by atoms with Crippen LogP contribution in [0.15, 0.2) is 22.7 Å². The number of ether oxygens (including phenoxy) is 1. The molecule has 0 aliphatic carbocycles. The lowest BCUT2D eigenvalue weighted by atomic mass is 10.2. The summed E-state index contributed by atoms with van der Waals surface area (Å²) < 4.78 is 5.86. The Morgan fingerprint density at radius 1 is 1.53 bits per heavy atom. The number of hydrogen-bond donors (Lipinski definition) is 1. The predicted molar refractivity (Wildman–Crippen MR) is 63.8 cm³/mol. The molecule has 0 spiro atoms. The summed E-state index contributed by atoms with van der Waals surface area (Å²) >= 11 is 3.33. The highest BCUT2D eigenvalue weighted by Crippen LogP contribution is 2.19. The van der Waals surface area contributed by atoms with E-state index in [1.54, 1.807) is 13.2 Å². The first-order chi connectivity index (χ1) is 7.27. The second kappa shape index (κ2) is 6.44. The summed E-state index contributed by atoms with van der Waals surface area (Å²) in [5.41, 5.74) is 1.53. The van der Waals surface area contributed by atoms with E-state index in [9.17, 15) is 0 Å². The maximum absolute atomic E-state index is 8.91. The van der Waals surface area contributed by atoms with Gasteiger partial charge in [0.2, 0.25) is 0 Å². The van der Waals surface area contributed by atoms with E-state index in [0.717, 1.165) is 29.7 Å². The number of nitrogens with zero attached hydrogens (tertiary/aromatic N) is 1. The first-order valence-electron chi connectivity index (χ1n) is 4.70. The lowest BCUT2D eigenvalue weighted by molar-refractivity contribution is 0.198. The van der Waals surface area contributed by atoms with Crippen molar-refractivity contribution in [3.8, 4) is 6.07 Å². The molecule has 15 heavy (non-hydrogen) atoms. The van der Waals surface area contributed by atoms with E-state index in [4.69, 9.17) is 10.00 Å². The normalized spacial score (nSPS) is 9.67. The molecule has 0 fully saturated rings. The number of hydrogen-bond acceptors (Lipinski definition) is 3. The summed E-state index contributed by atoms with van der Waals surface area (Å²) in [4.78, 5) is 0. The van der Waals surface area contributed by atoms with Crippen LogP contribution < -0.4 is 5.32 Å². The molecule has 0 saturated carbocycles. The van der Waals surface area contributed by atoms with Gasteiger partial charge in [-0.1, -0.05) is 15.9 Å². The number of anilines is 1. The zero-order valence-corrected chi connectivity index (χ0v) is 10.2. The number of methoxy groups -OCH3 is 1. The quantitative estimate of drug-likeness (QED) is 0.836. The van der Waals surface area contributed by atoms with E-state index in [-0.39, 0.29) is 0 Å². The van der Waals surface area contributed by atoms with Gasteiger partial charge in [-0.15, -0.1) is 0 Å². The fraction of sp³-hybridized carbons (Fsp3) is 0.364. The van der Waals surface area contributed by atoms with Crippen LogP contribution >= 0.6 is 15.9 Å². The van der Waals surface area contributed by atoms with Crippen LogP contribution in [0.5, 0.6) is 0 Å². The third-order valence-electron chi connectivity index (χ3n) is 1.94. The third-order valence-corrected chi connectivity index (χ3v) is 2.44. The van der Waals surface area contributed by atoms with Crippen LogP contribution in [0.4, 0.5) is 5.69 Å². The molecule has 1 N–H and O–H groups in total. The van der Waals surface area contributed by atoms with Crippen molar-refractivity contribution in [2.75, 3.05) is 25.6 Å². The molecule has 0 heterocycles. The van der Waals surface area contributed by atoms with Crippen molar-refractivity contribution < 1.29 is 4.74 Å². The van der Waals surface area contributed by atoms with Crippen molar-refractivity contribution in [2.45, 2.75) is 6.42 Å². The lowest BCUT2D eigenvalue weighted by Crippen LogP contribution is -2.05. The average molecular weight is 269 g/mol. The first-order valence-corrected chi connectivity index (χ1v) is 5.49. The number of nitriles is 1. The highest BCUT2D eigenvalue weighted by atomic mass is 79.9. The highest BCUT2D eigenvalue weighted by molar-refractivity contribution is 9.10. The molecular weight excluding hydrogens is 256 g/mol. The third kappa shape index (κ3) is 3.90. The van der Waals surface area contributed by atoms with E-state index in [1.165, 1.54) is 0 Å². The van der Waals surface area contributed by atoms with Crippen molar-refractivity contribution in [1.82, 2.24) is 0 Å². The van der Waals surface area contributed by atoms with Crippen LogP contribution in [0, 0.1) is 11.3 Å². The molecule has 1 rings (SSSR count). The Balaban J connectivity index is 2.57. The Bertz CT molecular complexity index is 360. The molecule has 0 aliphatic rings. The minimum absolute atomic E-state index is 0.654. The van der Waals surface area contributed by atoms with Gasteiger partial charge in [-0.05, 0) is 24.6 Å². The van der Waals surface area contributed by atoms with Crippen LogP contribution in [-0.4, -0.2) is 20.3 Å². The molecule has 0 amide bonds. The Morgan fingerprint density at radius 3 is 3.00 bits per heavy atom. The molecule has 4 heteroatoms. The van der Waals surface area contributed by atoms with Crippen LogP contribution in [0.2, 0.25) is 0 Å². The van der Waals surface area contributed by atoms with Crippen molar-refractivity contribution in [3.63, 3.8) is 0 Å². The Hall–Kier alpha value is -1.05. The Kier molecular flexibility index (Phi) is 5.16. The lowest BCUT2D eigenvalue weighted by Gasteiger charge is -2.07. The zero-order valence-electron chi connectivity index (χ0n) is 8.59. The summed E-state index contributed by atoms with van der Waals surface area (Å²) in [7, 11) is 1.68. The van der Waals surface area contributed by atoms with Gasteiger partial charge < -0.3 is 10.1 Å². The summed E-state index contributed by atoms with van der Waals surface area (Å²) in [6.07, 6.45) is 0.928. The molecular formula is C11H13BrN2O.